The van der Waals surface area contributed by atoms with Crippen LogP contribution in [-0.4, -0.2) is 110 Å². The minimum atomic E-state index is -0.00196. The molecule has 0 atom stereocenters. The van der Waals surface area contributed by atoms with Crippen molar-refractivity contribution < 1.29 is 14.3 Å². The Kier molecular flexibility index (Phi) is 52.2. The molecule has 0 aliphatic carbocycles. The van der Waals surface area contributed by atoms with Crippen LogP contribution in [0.2, 0.25) is 0 Å². The summed E-state index contributed by atoms with van der Waals surface area (Å²) in [6, 6.07) is 0. The molecule has 72 heavy (non-hydrogen) atoms. The molecule has 0 bridgehead atoms. The van der Waals surface area contributed by atoms with Gasteiger partial charge in [-0.3, -0.25) is 14.5 Å². The minimum Gasteiger partial charge on any atom is -0.466 e. The third-order valence-electron chi connectivity index (χ3n) is 16.3. The lowest BCUT2D eigenvalue weighted by Gasteiger charge is -2.35. The molecule has 1 heterocycles. The lowest BCUT2D eigenvalue weighted by atomic mass is 9.93. The molecular weight excluding hydrogens is 885 g/mol. The third kappa shape index (κ3) is 45.1. The first-order valence-electron chi connectivity index (χ1n) is 33.1. The van der Waals surface area contributed by atoms with Gasteiger partial charge in [-0.1, -0.05) is 259 Å². The molecule has 1 amide bonds. The second-order valence-corrected chi connectivity index (χ2v) is 23.3. The molecule has 0 N–H and O–H groups in total. The zero-order valence-corrected chi connectivity index (χ0v) is 49.9. The lowest BCUT2D eigenvalue weighted by Crippen LogP contribution is -2.46. The van der Waals surface area contributed by atoms with Crippen LogP contribution in [0.3, 0.4) is 0 Å². The summed E-state index contributed by atoms with van der Waals surface area (Å²) in [6.45, 7) is 23.4. The zero-order valence-electron chi connectivity index (χ0n) is 49.9. The summed E-state index contributed by atoms with van der Waals surface area (Å²) in [4.78, 5) is 36.9. The summed E-state index contributed by atoms with van der Waals surface area (Å²) >= 11 is 0. The molecule has 0 unspecified atom stereocenters. The van der Waals surface area contributed by atoms with Crippen LogP contribution in [0.15, 0.2) is 0 Å². The molecule has 1 rings (SSSR count). The van der Waals surface area contributed by atoms with Crippen LogP contribution in [0.25, 0.3) is 0 Å². The second kappa shape index (κ2) is 54.6. The van der Waals surface area contributed by atoms with Gasteiger partial charge >= 0.3 is 5.97 Å². The number of hydrogen-bond donors (Lipinski definition) is 0. The number of nitrogens with zero attached hydrogens (tertiary/aromatic N) is 4. The van der Waals surface area contributed by atoms with E-state index in [1.54, 1.807) is 0 Å². The zero-order chi connectivity index (χ0) is 52.1. The van der Waals surface area contributed by atoms with E-state index in [1.165, 1.54) is 264 Å². The van der Waals surface area contributed by atoms with Gasteiger partial charge in [0.2, 0.25) is 5.91 Å². The highest BCUT2D eigenvalue weighted by Crippen LogP contribution is 2.22. The molecule has 0 saturated carbocycles. The van der Waals surface area contributed by atoms with Gasteiger partial charge in [-0.25, -0.2) is 0 Å². The fourth-order valence-electron chi connectivity index (χ4n) is 11.2. The van der Waals surface area contributed by atoms with Crippen molar-refractivity contribution in [2.24, 2.45) is 5.92 Å². The van der Waals surface area contributed by atoms with Crippen LogP contribution >= 0.6 is 0 Å². The number of piperidine rings is 1. The molecule has 7 nitrogen and oxygen atoms in total. The van der Waals surface area contributed by atoms with Crippen molar-refractivity contribution in [3.63, 3.8) is 0 Å². The number of amides is 1. The smallest absolute Gasteiger partial charge is 0.305 e. The Bertz CT molecular complexity index is 1100. The highest BCUT2D eigenvalue weighted by Gasteiger charge is 2.25. The van der Waals surface area contributed by atoms with E-state index < -0.39 is 0 Å². The largest absolute Gasteiger partial charge is 0.466 e. The average Bonchev–Trinajstić information content (AvgIpc) is 3.39. The fraction of sp³-hybridized carbons (Fsp3) is 0.969. The van der Waals surface area contributed by atoms with Crippen molar-refractivity contribution in [2.45, 2.75) is 324 Å². The van der Waals surface area contributed by atoms with Crippen LogP contribution < -0.4 is 0 Å². The van der Waals surface area contributed by atoms with Crippen molar-refractivity contribution in [1.29, 1.82) is 0 Å². The Morgan fingerprint density at radius 2 is 0.667 bits per heavy atom. The van der Waals surface area contributed by atoms with Gasteiger partial charge in [0.05, 0.1) is 13.2 Å². The number of likely N-dealkylation sites (tertiary alicyclic amines) is 1. The van der Waals surface area contributed by atoms with Crippen molar-refractivity contribution in [3.05, 3.63) is 0 Å². The molecule has 0 aromatic carbocycles. The van der Waals surface area contributed by atoms with E-state index in [2.05, 4.69) is 54.2 Å². The van der Waals surface area contributed by atoms with E-state index in [4.69, 9.17) is 4.74 Å². The highest BCUT2D eigenvalue weighted by atomic mass is 16.5. The van der Waals surface area contributed by atoms with Crippen LogP contribution in [0, 0.1) is 5.92 Å². The summed E-state index contributed by atoms with van der Waals surface area (Å²) in [5, 5.41) is 0. The van der Waals surface area contributed by atoms with Crippen LogP contribution in [0.4, 0.5) is 0 Å². The van der Waals surface area contributed by atoms with Gasteiger partial charge < -0.3 is 19.4 Å². The number of ether oxygens (including phenoxy) is 1. The van der Waals surface area contributed by atoms with E-state index in [1.807, 2.05) is 0 Å². The number of hydrogen-bond acceptors (Lipinski definition) is 6. The quantitative estimate of drug-likeness (QED) is 0.0447. The van der Waals surface area contributed by atoms with Crippen molar-refractivity contribution >= 4 is 11.9 Å². The van der Waals surface area contributed by atoms with E-state index in [9.17, 15) is 9.59 Å². The van der Waals surface area contributed by atoms with E-state index >= 15 is 0 Å². The lowest BCUT2D eigenvalue weighted by molar-refractivity contribution is -0.144. The fourth-order valence-corrected chi connectivity index (χ4v) is 11.2. The van der Waals surface area contributed by atoms with Gasteiger partial charge in [-0.2, -0.15) is 0 Å². The summed E-state index contributed by atoms with van der Waals surface area (Å²) in [5.74, 6) is 1.06. The topological polar surface area (TPSA) is 56.3 Å². The molecule has 428 valence electrons. The Labute approximate surface area is 452 Å². The van der Waals surface area contributed by atoms with Gasteiger partial charge in [0.25, 0.3) is 0 Å². The first-order chi connectivity index (χ1) is 35.5. The highest BCUT2D eigenvalue weighted by molar-refractivity contribution is 5.78. The number of unbranched alkanes of at least 4 members (excludes halogenated alkanes) is 35. The van der Waals surface area contributed by atoms with Gasteiger partial charge in [0.1, 0.15) is 0 Å². The SMILES string of the molecule is CCCCCCCCCCCCCCN(CCCOC(=O)CCCCCCCCC)CCC1CCN(C(=O)CN(CCCCCCCCC)CCN(CCCCCCCCC)CCCCCCCCC)CC1. The second-order valence-electron chi connectivity index (χ2n) is 23.3. The maximum Gasteiger partial charge on any atom is 0.305 e. The molecule has 0 aromatic heterocycles. The molecule has 1 aliphatic rings. The number of esters is 1. The van der Waals surface area contributed by atoms with Crippen LogP contribution in [-0.2, 0) is 14.3 Å². The summed E-state index contributed by atoms with van der Waals surface area (Å²) < 4.78 is 5.74. The maximum atomic E-state index is 14.1. The number of rotatable bonds is 57. The Balaban J connectivity index is 2.73. The van der Waals surface area contributed by atoms with Gasteiger partial charge in [-0.05, 0) is 96.4 Å². The maximum absolute atomic E-state index is 14.1. The molecule has 0 radical (unpaired) electrons. The van der Waals surface area contributed by atoms with Crippen molar-refractivity contribution in [2.75, 3.05) is 78.6 Å². The standard InChI is InChI=1S/C65H130N4O3/c1-6-11-16-21-26-27-28-29-30-35-39-42-51-66(55-46-61-72-65(71)47-41-36-31-22-17-12-7-2)56-48-63-49-57-69(58-50-63)64(70)62-68(54-45-40-34-25-20-15-10-5)60-59-67(52-43-37-32-23-18-13-8-3)53-44-38-33-24-19-14-9-4/h63H,6-62H2,1-5H3. The summed E-state index contributed by atoms with van der Waals surface area (Å²) in [5.41, 5.74) is 0. The molecular formula is C65H130N4O3. The summed E-state index contributed by atoms with van der Waals surface area (Å²) in [6.07, 6.45) is 58.5. The van der Waals surface area contributed by atoms with Gasteiger partial charge in [-0.15, -0.1) is 0 Å². The predicted molar refractivity (Wildman–Crippen MR) is 316 cm³/mol. The number of carbonyl (C=O) groups excluding carboxylic acids is 2. The number of carbonyl (C=O) groups is 2. The molecule has 1 fully saturated rings. The molecule has 0 aromatic rings. The molecule has 7 heteroatoms. The Morgan fingerprint density at radius 3 is 1.06 bits per heavy atom. The van der Waals surface area contributed by atoms with Crippen molar-refractivity contribution in [3.8, 4) is 0 Å². The van der Waals surface area contributed by atoms with Crippen LogP contribution in [0.5, 0.6) is 0 Å². The van der Waals surface area contributed by atoms with E-state index in [-0.39, 0.29) is 5.97 Å². The van der Waals surface area contributed by atoms with Gasteiger partial charge in [0.15, 0.2) is 0 Å². The predicted octanol–water partition coefficient (Wildman–Crippen LogP) is 18.5. The monoisotopic (exact) mass is 1020 g/mol. The van der Waals surface area contributed by atoms with Gasteiger partial charge in [0, 0.05) is 39.1 Å². The Morgan fingerprint density at radius 1 is 0.361 bits per heavy atom. The first kappa shape index (κ1) is 68.8. The summed E-state index contributed by atoms with van der Waals surface area (Å²) in [7, 11) is 0. The third-order valence-corrected chi connectivity index (χ3v) is 16.3. The minimum absolute atomic E-state index is 0.00196. The van der Waals surface area contributed by atoms with E-state index in [0.29, 0.717) is 31.4 Å². The van der Waals surface area contributed by atoms with Crippen LogP contribution in [0.1, 0.15) is 324 Å². The van der Waals surface area contributed by atoms with Crippen molar-refractivity contribution in [1.82, 2.24) is 19.6 Å². The molecule has 0 spiro atoms. The molecule has 1 aliphatic heterocycles. The molecule has 1 saturated heterocycles. The first-order valence-corrected chi connectivity index (χ1v) is 33.1. The average molecular weight is 1020 g/mol. The van der Waals surface area contributed by atoms with E-state index in [0.717, 1.165) is 84.5 Å². The Hall–Kier alpha value is -1.18. The normalized spacial score (nSPS) is 13.4.